The van der Waals surface area contributed by atoms with E-state index in [9.17, 15) is 0 Å². The van der Waals surface area contributed by atoms with E-state index < -0.39 is 21.3 Å². The maximum Gasteiger partial charge on any atom is -1.00 e. The quantitative estimate of drug-likeness (QED) is 0.473. The summed E-state index contributed by atoms with van der Waals surface area (Å²) in [6.45, 7) is 14.2. The van der Waals surface area contributed by atoms with Crippen LogP contribution < -0.4 is 24.8 Å². The maximum atomic E-state index is 2.59. The number of hydrogen-bond acceptors (Lipinski definition) is 0. The summed E-state index contributed by atoms with van der Waals surface area (Å²) >= 11 is -2.19. The third-order valence-electron chi connectivity index (χ3n) is 10.5. The fraction of sp³-hybridized carbons (Fsp3) is 0.528. The summed E-state index contributed by atoms with van der Waals surface area (Å²) in [5.74, 6) is 3.97. The Bertz CT molecular complexity index is 1280. The van der Waals surface area contributed by atoms with Gasteiger partial charge in [0, 0.05) is 0 Å². The fourth-order valence-corrected chi connectivity index (χ4v) is 19.0. The molecule has 0 radical (unpaired) electrons. The standard InChI is InChI=1S/C21H25.C10H14.C5H5.2ClH.Zr/c1-20(2,3)16-9-7-14-11-15-8-10-17(21(4,5)6)13-19(15)18(14)12-16;1-7-2-9-4-8(1)5-10(3-7)6-9;1-2-4-5-3-1;;;/h7-13H,1-6H3;7-10H,1-5H2;1-3H,4H2;2*1H;/q;;;;;+2/p-2. The molecule has 0 N–H and O–H groups in total. The summed E-state index contributed by atoms with van der Waals surface area (Å²) in [4.78, 5) is 0. The van der Waals surface area contributed by atoms with E-state index in [1.165, 1.54) is 43.2 Å². The molecule has 2 aromatic rings. The number of allylic oxidation sites excluding steroid dienone is 4. The Kier molecular flexibility index (Phi) is 8.01. The molecule has 0 unspecified atom stereocenters. The van der Waals surface area contributed by atoms with E-state index in [-0.39, 0.29) is 35.6 Å². The maximum absolute atomic E-state index is 2.59. The third-order valence-corrected chi connectivity index (χ3v) is 19.6. The molecular formula is C36H44Cl2Zr. The number of rotatable bonds is 2. The van der Waals surface area contributed by atoms with Crippen molar-refractivity contribution in [1.82, 2.24) is 0 Å². The Morgan fingerprint density at radius 1 is 0.667 bits per heavy atom. The molecule has 0 nitrogen and oxygen atoms in total. The molecule has 0 atom stereocenters. The van der Waals surface area contributed by atoms with Crippen molar-refractivity contribution >= 4 is 3.21 Å². The molecule has 4 saturated carbocycles. The molecule has 39 heavy (non-hydrogen) atoms. The zero-order valence-corrected chi connectivity index (χ0v) is 28.6. The van der Waals surface area contributed by atoms with Gasteiger partial charge in [-0.1, -0.05) is 0 Å². The van der Waals surface area contributed by atoms with Gasteiger partial charge in [-0.25, -0.2) is 0 Å². The second-order valence-corrected chi connectivity index (χ2v) is 21.5. The van der Waals surface area contributed by atoms with Gasteiger partial charge in [0.05, 0.1) is 0 Å². The van der Waals surface area contributed by atoms with E-state index in [0.29, 0.717) is 3.63 Å². The van der Waals surface area contributed by atoms with E-state index >= 15 is 0 Å². The van der Waals surface area contributed by atoms with E-state index in [2.05, 4.69) is 99.4 Å². The smallest absolute Gasteiger partial charge is 1.00 e. The molecule has 0 amide bonds. The molecule has 6 aliphatic carbocycles. The fourth-order valence-electron chi connectivity index (χ4n) is 8.81. The van der Waals surface area contributed by atoms with Crippen molar-refractivity contribution in [2.45, 2.75) is 94.5 Å². The summed E-state index contributed by atoms with van der Waals surface area (Å²) in [5, 5.41) is 0. The first-order valence-corrected chi connectivity index (χ1v) is 18.8. The minimum absolute atomic E-state index is 0. The monoisotopic (exact) mass is 636 g/mol. The van der Waals surface area contributed by atoms with Crippen LogP contribution in [0, 0.1) is 23.7 Å². The molecule has 4 fully saturated rings. The first-order chi connectivity index (χ1) is 17.6. The van der Waals surface area contributed by atoms with E-state index in [4.69, 9.17) is 0 Å². The molecule has 206 valence electrons. The van der Waals surface area contributed by atoms with Crippen molar-refractivity contribution in [3.8, 4) is 11.1 Å². The Balaban J connectivity index is 0.00000154. The zero-order valence-electron chi connectivity index (χ0n) is 24.6. The van der Waals surface area contributed by atoms with Crippen LogP contribution in [0.4, 0.5) is 0 Å². The number of fused-ring (bicyclic) bond motifs is 3. The molecule has 2 aromatic carbocycles. The van der Waals surface area contributed by atoms with Gasteiger partial charge < -0.3 is 24.8 Å². The topological polar surface area (TPSA) is 0 Å². The van der Waals surface area contributed by atoms with Crippen LogP contribution in [-0.2, 0) is 32.1 Å². The summed E-state index contributed by atoms with van der Waals surface area (Å²) in [6, 6.07) is 15.3. The van der Waals surface area contributed by atoms with Gasteiger partial charge in [-0.2, -0.15) is 0 Å². The van der Waals surface area contributed by atoms with Crippen molar-refractivity contribution in [3.63, 3.8) is 0 Å². The second-order valence-electron chi connectivity index (χ2n) is 15.0. The van der Waals surface area contributed by atoms with Crippen molar-refractivity contribution in [2.24, 2.45) is 23.7 Å². The first kappa shape index (κ1) is 29.7. The number of halogens is 2. The number of hydrogen-bond donors (Lipinski definition) is 0. The minimum Gasteiger partial charge on any atom is -1.00 e. The summed E-state index contributed by atoms with van der Waals surface area (Å²) in [7, 11) is 0. The SMILES string of the molecule is CC(C)(C)c1ccc2c(c1)-c1cc(C(C)(C)C)ccc1[CH]2[Zr+2]([C]1=CC=CC1)=[C]1C2CC3CC(C2)CC1C3.[Cl-].[Cl-]. The Morgan fingerprint density at radius 3 is 1.56 bits per heavy atom. The van der Waals surface area contributed by atoms with Gasteiger partial charge in [-0.15, -0.1) is 0 Å². The Hall–Kier alpha value is -0.747. The average Bonchev–Trinajstić information content (AvgIpc) is 3.46. The first-order valence-electron chi connectivity index (χ1n) is 15.0. The van der Waals surface area contributed by atoms with Gasteiger partial charge in [0.25, 0.3) is 0 Å². The van der Waals surface area contributed by atoms with E-state index in [0.717, 1.165) is 23.7 Å². The largest absolute Gasteiger partial charge is 1.00 e. The number of benzene rings is 2. The van der Waals surface area contributed by atoms with Gasteiger partial charge >= 0.3 is 234 Å². The zero-order chi connectivity index (χ0) is 25.7. The molecule has 0 aliphatic heterocycles. The average molecular weight is 639 g/mol. The molecule has 6 aliphatic rings. The predicted molar refractivity (Wildman–Crippen MR) is 155 cm³/mol. The van der Waals surface area contributed by atoms with Crippen LogP contribution in [0.5, 0.6) is 0 Å². The molecule has 0 heterocycles. The summed E-state index contributed by atoms with van der Waals surface area (Å²) < 4.78 is 4.70. The Morgan fingerprint density at radius 2 is 1.15 bits per heavy atom. The summed E-state index contributed by atoms with van der Waals surface area (Å²) in [6.07, 6.45) is 16.3. The van der Waals surface area contributed by atoms with Gasteiger partial charge in [0.15, 0.2) is 0 Å². The van der Waals surface area contributed by atoms with Crippen molar-refractivity contribution in [3.05, 3.63) is 80.2 Å². The van der Waals surface area contributed by atoms with Crippen LogP contribution in [0.3, 0.4) is 0 Å². The van der Waals surface area contributed by atoms with E-state index in [1.54, 1.807) is 28.7 Å². The Labute approximate surface area is 257 Å². The molecule has 0 saturated heterocycles. The molecule has 3 heteroatoms. The minimum atomic E-state index is -2.19. The predicted octanol–water partition coefficient (Wildman–Crippen LogP) is 3.45. The molecule has 4 bridgehead atoms. The summed E-state index contributed by atoms with van der Waals surface area (Å²) in [5.41, 5.74) is 9.78. The van der Waals surface area contributed by atoms with Gasteiger partial charge in [0.2, 0.25) is 0 Å². The van der Waals surface area contributed by atoms with E-state index in [1.807, 2.05) is 3.28 Å². The van der Waals surface area contributed by atoms with Crippen LogP contribution in [-0.4, -0.2) is 3.21 Å². The van der Waals surface area contributed by atoms with Crippen LogP contribution in [0.25, 0.3) is 11.1 Å². The van der Waals surface area contributed by atoms with Crippen LogP contribution >= 0.6 is 0 Å². The van der Waals surface area contributed by atoms with Gasteiger partial charge in [-0.05, 0) is 0 Å². The molecule has 0 spiro atoms. The normalized spacial score (nSPS) is 26.4. The van der Waals surface area contributed by atoms with Gasteiger partial charge in [0.1, 0.15) is 0 Å². The second kappa shape index (κ2) is 10.5. The third kappa shape index (κ3) is 5.00. The van der Waals surface area contributed by atoms with Crippen LogP contribution in [0.15, 0.2) is 57.9 Å². The molecular weight excluding hydrogens is 595 g/mol. The van der Waals surface area contributed by atoms with Crippen molar-refractivity contribution in [1.29, 1.82) is 0 Å². The van der Waals surface area contributed by atoms with Crippen molar-refractivity contribution < 1.29 is 46.1 Å². The van der Waals surface area contributed by atoms with Crippen LogP contribution in [0.2, 0.25) is 0 Å². The van der Waals surface area contributed by atoms with Gasteiger partial charge in [-0.3, -0.25) is 0 Å². The van der Waals surface area contributed by atoms with Crippen molar-refractivity contribution in [2.75, 3.05) is 0 Å². The molecule has 0 aromatic heterocycles. The van der Waals surface area contributed by atoms with Crippen LogP contribution in [0.1, 0.15) is 106 Å². The molecule has 8 rings (SSSR count).